The van der Waals surface area contributed by atoms with Crippen LogP contribution >= 0.6 is 0 Å². The zero-order chi connectivity index (χ0) is 20.3. The number of nitrogens with zero attached hydrogens (tertiary/aromatic N) is 3. The van der Waals surface area contributed by atoms with Crippen molar-refractivity contribution in [3.63, 3.8) is 0 Å². The Morgan fingerprint density at radius 2 is 1.89 bits per heavy atom. The van der Waals surface area contributed by atoms with E-state index in [9.17, 15) is 9.59 Å². The van der Waals surface area contributed by atoms with Gasteiger partial charge >= 0.3 is 5.97 Å². The number of nitrogens with one attached hydrogen (secondary N) is 1. The first kappa shape index (κ1) is 19.3. The molecule has 1 amide bonds. The van der Waals surface area contributed by atoms with Gasteiger partial charge in [-0.25, -0.2) is 14.3 Å². The highest BCUT2D eigenvalue weighted by Gasteiger charge is 2.31. The molecule has 146 valence electrons. The number of carbonyl (C=O) groups excluding carboxylic acids is 2. The molecule has 0 bridgehead atoms. The largest absolute Gasteiger partial charge is 0.480 e. The maximum absolute atomic E-state index is 12.7. The van der Waals surface area contributed by atoms with Gasteiger partial charge in [0.15, 0.2) is 11.7 Å². The third kappa shape index (κ3) is 3.80. The third-order valence-corrected chi connectivity index (χ3v) is 4.17. The van der Waals surface area contributed by atoms with Crippen molar-refractivity contribution in [2.24, 2.45) is 0 Å². The van der Waals surface area contributed by atoms with E-state index in [1.54, 1.807) is 19.1 Å². The molecule has 8 heteroatoms. The second-order valence-electron chi connectivity index (χ2n) is 6.24. The lowest BCUT2D eigenvalue weighted by atomic mass is 10.0. The Morgan fingerprint density at radius 1 is 1.18 bits per heavy atom. The summed E-state index contributed by atoms with van der Waals surface area (Å²) in [6, 6.07) is 10.1. The molecule has 1 unspecified atom stereocenters. The molecule has 0 aliphatic carbocycles. The molecule has 3 aromatic rings. The molecular formula is C20H22N4O4. The van der Waals surface area contributed by atoms with Crippen molar-refractivity contribution in [2.45, 2.75) is 26.8 Å². The fraction of sp³-hybridized carbons (Fsp3) is 0.300. The van der Waals surface area contributed by atoms with Crippen molar-refractivity contribution in [3.05, 3.63) is 47.7 Å². The highest BCUT2D eigenvalue weighted by atomic mass is 16.5. The van der Waals surface area contributed by atoms with Crippen LogP contribution in [0.15, 0.2) is 36.4 Å². The molecule has 2 aromatic heterocycles. The first-order valence-electron chi connectivity index (χ1n) is 8.89. The molecule has 1 atom stereocenters. The summed E-state index contributed by atoms with van der Waals surface area (Å²) in [4.78, 5) is 29.1. The molecule has 0 radical (unpaired) electrons. The molecule has 0 saturated heterocycles. The number of amides is 1. The summed E-state index contributed by atoms with van der Waals surface area (Å²) in [7, 11) is 1.50. The minimum Gasteiger partial charge on any atom is -0.480 e. The van der Waals surface area contributed by atoms with E-state index in [0.29, 0.717) is 22.9 Å². The standard InChI is InChI=1S/C20H22N4O4/c1-5-28-20(26)18(21-13(3)25)19-17(14-8-6-12(2)7-9-14)22-15-10-11-16(27-4)23-24(15)19/h6-11,18H,5H2,1-4H3,(H,21,25). The van der Waals surface area contributed by atoms with Crippen LogP contribution in [0.2, 0.25) is 0 Å². The molecule has 3 rings (SSSR count). The summed E-state index contributed by atoms with van der Waals surface area (Å²) in [6.45, 7) is 5.22. The van der Waals surface area contributed by atoms with Crippen molar-refractivity contribution in [1.29, 1.82) is 0 Å². The molecule has 1 N–H and O–H groups in total. The number of ether oxygens (including phenoxy) is 2. The van der Waals surface area contributed by atoms with Crippen molar-refractivity contribution >= 4 is 17.5 Å². The van der Waals surface area contributed by atoms with Gasteiger partial charge in [0.05, 0.1) is 19.4 Å². The Hall–Kier alpha value is -3.42. The average Bonchev–Trinajstić information content (AvgIpc) is 3.04. The van der Waals surface area contributed by atoms with Crippen molar-refractivity contribution in [2.75, 3.05) is 13.7 Å². The third-order valence-electron chi connectivity index (χ3n) is 4.17. The number of imidazole rings is 1. The van der Waals surface area contributed by atoms with Crippen LogP contribution in [-0.2, 0) is 14.3 Å². The number of hydrogen-bond acceptors (Lipinski definition) is 6. The van der Waals surface area contributed by atoms with E-state index in [1.807, 2.05) is 31.2 Å². The quantitative estimate of drug-likeness (QED) is 0.658. The molecule has 1 aromatic carbocycles. The molecule has 28 heavy (non-hydrogen) atoms. The van der Waals surface area contributed by atoms with E-state index in [-0.39, 0.29) is 12.5 Å². The smallest absolute Gasteiger partial charge is 0.335 e. The highest BCUT2D eigenvalue weighted by Crippen LogP contribution is 2.30. The molecule has 2 heterocycles. The van der Waals surface area contributed by atoms with Gasteiger partial charge in [0.25, 0.3) is 0 Å². The van der Waals surface area contributed by atoms with E-state index in [1.165, 1.54) is 18.5 Å². The van der Waals surface area contributed by atoms with Crippen LogP contribution in [0.25, 0.3) is 16.9 Å². The molecule has 8 nitrogen and oxygen atoms in total. The van der Waals surface area contributed by atoms with Gasteiger partial charge in [0, 0.05) is 18.6 Å². The Balaban J connectivity index is 2.28. The fourth-order valence-corrected chi connectivity index (χ4v) is 2.89. The highest BCUT2D eigenvalue weighted by molar-refractivity contribution is 5.86. The molecule has 0 spiro atoms. The summed E-state index contributed by atoms with van der Waals surface area (Å²) in [5.74, 6) is -0.602. The van der Waals surface area contributed by atoms with Gasteiger partial charge in [0.1, 0.15) is 5.69 Å². The predicted molar refractivity (Wildman–Crippen MR) is 103 cm³/mol. The maximum atomic E-state index is 12.7. The number of aryl methyl sites for hydroxylation is 1. The zero-order valence-electron chi connectivity index (χ0n) is 16.2. The lowest BCUT2D eigenvalue weighted by Crippen LogP contribution is -2.35. The van der Waals surface area contributed by atoms with E-state index in [0.717, 1.165) is 11.1 Å². The van der Waals surface area contributed by atoms with Crippen LogP contribution in [0.4, 0.5) is 0 Å². The van der Waals surface area contributed by atoms with Gasteiger partial charge < -0.3 is 14.8 Å². The summed E-state index contributed by atoms with van der Waals surface area (Å²) in [6.07, 6.45) is 0. The predicted octanol–water partition coefficient (Wildman–Crippen LogP) is 2.45. The fourth-order valence-electron chi connectivity index (χ4n) is 2.89. The number of fused-ring (bicyclic) bond motifs is 1. The van der Waals surface area contributed by atoms with Crippen molar-refractivity contribution in [3.8, 4) is 17.1 Å². The SMILES string of the molecule is CCOC(=O)C(NC(C)=O)c1c(-c2ccc(C)cc2)nc2ccc(OC)nn12. The molecule has 0 aliphatic heterocycles. The Labute approximate surface area is 162 Å². The van der Waals surface area contributed by atoms with Gasteiger partial charge in [-0.3, -0.25) is 4.79 Å². The minimum atomic E-state index is -1.07. The summed E-state index contributed by atoms with van der Waals surface area (Å²) in [5.41, 5.74) is 3.35. The second kappa shape index (κ2) is 8.08. The monoisotopic (exact) mass is 382 g/mol. The Morgan fingerprint density at radius 3 is 2.50 bits per heavy atom. The normalized spacial score (nSPS) is 11.9. The average molecular weight is 382 g/mol. The van der Waals surface area contributed by atoms with Crippen LogP contribution in [0.5, 0.6) is 5.88 Å². The molecular weight excluding hydrogens is 360 g/mol. The number of rotatable bonds is 6. The van der Waals surface area contributed by atoms with Gasteiger partial charge in [-0.1, -0.05) is 29.8 Å². The second-order valence-corrected chi connectivity index (χ2v) is 6.24. The molecule has 0 saturated carbocycles. The van der Waals surface area contributed by atoms with E-state index >= 15 is 0 Å². The summed E-state index contributed by atoms with van der Waals surface area (Å²) < 4.78 is 11.9. The summed E-state index contributed by atoms with van der Waals surface area (Å²) in [5, 5.41) is 7.06. The molecule has 0 aliphatic rings. The maximum Gasteiger partial charge on any atom is 0.335 e. The van der Waals surface area contributed by atoms with E-state index in [2.05, 4.69) is 15.4 Å². The first-order valence-corrected chi connectivity index (χ1v) is 8.89. The first-order chi connectivity index (χ1) is 13.4. The van der Waals surface area contributed by atoms with Gasteiger partial charge in [-0.05, 0) is 19.9 Å². The number of methoxy groups -OCH3 is 1. The zero-order valence-corrected chi connectivity index (χ0v) is 16.2. The van der Waals surface area contributed by atoms with Crippen LogP contribution in [0.3, 0.4) is 0 Å². The summed E-state index contributed by atoms with van der Waals surface area (Å²) >= 11 is 0. The van der Waals surface area contributed by atoms with Crippen molar-refractivity contribution in [1.82, 2.24) is 19.9 Å². The Bertz CT molecular complexity index is 1010. The lowest BCUT2D eigenvalue weighted by Gasteiger charge is -2.17. The van der Waals surface area contributed by atoms with Gasteiger partial charge in [0.2, 0.25) is 11.8 Å². The van der Waals surface area contributed by atoms with Gasteiger partial charge in [-0.2, -0.15) is 0 Å². The number of esters is 1. The van der Waals surface area contributed by atoms with Crippen LogP contribution < -0.4 is 10.1 Å². The molecule has 0 fully saturated rings. The van der Waals surface area contributed by atoms with Crippen molar-refractivity contribution < 1.29 is 19.1 Å². The lowest BCUT2D eigenvalue weighted by molar-refractivity contribution is -0.147. The Kier molecular flexibility index (Phi) is 5.58. The number of carbonyl (C=O) groups is 2. The number of hydrogen-bond donors (Lipinski definition) is 1. The van der Waals surface area contributed by atoms with Crippen LogP contribution in [0, 0.1) is 6.92 Å². The minimum absolute atomic E-state index is 0.183. The number of benzene rings is 1. The van der Waals surface area contributed by atoms with Crippen LogP contribution in [-0.4, -0.2) is 40.2 Å². The van der Waals surface area contributed by atoms with Gasteiger partial charge in [-0.15, -0.1) is 5.10 Å². The van der Waals surface area contributed by atoms with E-state index in [4.69, 9.17) is 9.47 Å². The topological polar surface area (TPSA) is 94.8 Å². The van der Waals surface area contributed by atoms with E-state index < -0.39 is 12.0 Å². The number of aromatic nitrogens is 3. The van der Waals surface area contributed by atoms with Crippen LogP contribution in [0.1, 0.15) is 31.1 Å².